The molecular weight excluding hydrogens is 284 g/mol. The Hall–Kier alpha value is -1.32. The highest BCUT2D eigenvalue weighted by atomic mass is 35.5. The van der Waals surface area contributed by atoms with Crippen molar-refractivity contribution in [2.45, 2.75) is 37.6 Å². The second-order valence-electron chi connectivity index (χ2n) is 6.15. The van der Waals surface area contributed by atoms with Crippen LogP contribution in [0.15, 0.2) is 35.3 Å². The van der Waals surface area contributed by atoms with Gasteiger partial charge in [0.1, 0.15) is 0 Å². The van der Waals surface area contributed by atoms with Crippen LogP contribution in [0.4, 0.5) is 0 Å². The van der Waals surface area contributed by atoms with Gasteiger partial charge in [-0.05, 0) is 61.2 Å². The van der Waals surface area contributed by atoms with E-state index in [0.717, 1.165) is 42.6 Å². The Morgan fingerprint density at radius 3 is 2.71 bits per heavy atom. The summed E-state index contributed by atoms with van der Waals surface area (Å²) in [5.74, 6) is 0.740. The minimum atomic E-state index is 0. The Morgan fingerprint density at radius 1 is 1.14 bits per heavy atom. The van der Waals surface area contributed by atoms with Gasteiger partial charge in [0.2, 0.25) is 0 Å². The Labute approximate surface area is 130 Å². The maximum Gasteiger partial charge on any atom is 0.258 e. The summed E-state index contributed by atoms with van der Waals surface area (Å²) in [5, 5.41) is 5.34. The van der Waals surface area contributed by atoms with Crippen molar-refractivity contribution in [3.63, 3.8) is 0 Å². The highest BCUT2D eigenvalue weighted by molar-refractivity contribution is 5.85. The van der Waals surface area contributed by atoms with Crippen LogP contribution in [0.1, 0.15) is 43.2 Å². The molecule has 1 aliphatic heterocycles. The molecule has 2 heterocycles. The summed E-state index contributed by atoms with van der Waals surface area (Å²) < 4.78 is 1.92. The van der Waals surface area contributed by atoms with E-state index in [-0.39, 0.29) is 18.0 Å². The number of benzene rings is 1. The molecule has 112 valence electrons. The number of nitrogens with zero attached hydrogens (tertiary/aromatic N) is 1. The first-order valence-corrected chi connectivity index (χ1v) is 7.68. The zero-order chi connectivity index (χ0) is 13.5. The molecule has 1 saturated heterocycles. The fraction of sp³-hybridized carbons (Fsp3) is 0.471. The van der Waals surface area contributed by atoms with Gasteiger partial charge < -0.3 is 9.88 Å². The molecule has 0 amide bonds. The predicted molar refractivity (Wildman–Crippen MR) is 88.6 cm³/mol. The van der Waals surface area contributed by atoms with Gasteiger partial charge in [-0.3, -0.25) is 4.79 Å². The van der Waals surface area contributed by atoms with E-state index in [1.807, 2.05) is 16.8 Å². The zero-order valence-electron chi connectivity index (χ0n) is 12.0. The summed E-state index contributed by atoms with van der Waals surface area (Å²) in [5.41, 5.74) is 1.56. The van der Waals surface area contributed by atoms with Crippen LogP contribution in [0.25, 0.3) is 10.8 Å². The molecule has 1 saturated carbocycles. The summed E-state index contributed by atoms with van der Waals surface area (Å²) in [6.07, 6.45) is 6.83. The predicted octanol–water partition coefficient (Wildman–Crippen LogP) is 3.23. The SMILES string of the molecule is Cl.O=c1c2ccc(C3CC3)cc2ccn1[C@@H]1CCCNC1. The number of aromatic nitrogens is 1. The van der Waals surface area contributed by atoms with Gasteiger partial charge in [0.05, 0.1) is 0 Å². The quantitative estimate of drug-likeness (QED) is 0.924. The number of hydrogen-bond donors (Lipinski definition) is 1. The van der Waals surface area contributed by atoms with Crippen LogP contribution in [0.5, 0.6) is 0 Å². The van der Waals surface area contributed by atoms with Crippen LogP contribution in [-0.4, -0.2) is 17.7 Å². The molecule has 1 aliphatic carbocycles. The molecule has 0 unspecified atom stereocenters. The maximum absolute atomic E-state index is 12.7. The summed E-state index contributed by atoms with van der Waals surface area (Å²) in [4.78, 5) is 12.7. The van der Waals surface area contributed by atoms with Crippen molar-refractivity contribution in [3.05, 3.63) is 46.4 Å². The highest BCUT2D eigenvalue weighted by Crippen LogP contribution is 2.40. The van der Waals surface area contributed by atoms with E-state index in [1.54, 1.807) is 0 Å². The second-order valence-corrected chi connectivity index (χ2v) is 6.15. The maximum atomic E-state index is 12.7. The normalized spacial score (nSPS) is 22.0. The number of hydrogen-bond acceptors (Lipinski definition) is 2. The van der Waals surface area contributed by atoms with Gasteiger partial charge in [0, 0.05) is 24.2 Å². The minimum absolute atomic E-state index is 0. The van der Waals surface area contributed by atoms with Crippen LogP contribution in [0.3, 0.4) is 0 Å². The molecule has 3 nitrogen and oxygen atoms in total. The molecule has 4 rings (SSSR count). The van der Waals surface area contributed by atoms with Crippen LogP contribution in [0.2, 0.25) is 0 Å². The van der Waals surface area contributed by atoms with Crippen molar-refractivity contribution >= 4 is 23.2 Å². The Bertz CT molecular complexity index is 699. The van der Waals surface area contributed by atoms with E-state index in [9.17, 15) is 4.79 Å². The van der Waals surface area contributed by atoms with Gasteiger partial charge in [0.15, 0.2) is 0 Å². The number of halogens is 1. The fourth-order valence-electron chi connectivity index (χ4n) is 3.31. The summed E-state index contributed by atoms with van der Waals surface area (Å²) in [6, 6.07) is 8.79. The minimum Gasteiger partial charge on any atom is -0.315 e. The van der Waals surface area contributed by atoms with Gasteiger partial charge in [-0.2, -0.15) is 0 Å². The second kappa shape index (κ2) is 5.82. The van der Waals surface area contributed by atoms with Crippen molar-refractivity contribution < 1.29 is 0 Å². The number of rotatable bonds is 2. The molecule has 2 aliphatic rings. The van der Waals surface area contributed by atoms with Crippen LogP contribution < -0.4 is 10.9 Å². The van der Waals surface area contributed by atoms with Gasteiger partial charge in [-0.25, -0.2) is 0 Å². The van der Waals surface area contributed by atoms with Crippen molar-refractivity contribution in [3.8, 4) is 0 Å². The molecule has 1 aromatic heterocycles. The molecular formula is C17H21ClN2O. The lowest BCUT2D eigenvalue weighted by Crippen LogP contribution is -2.36. The number of pyridine rings is 1. The monoisotopic (exact) mass is 304 g/mol. The average molecular weight is 305 g/mol. The molecule has 4 heteroatoms. The van der Waals surface area contributed by atoms with E-state index in [2.05, 4.69) is 23.5 Å². The van der Waals surface area contributed by atoms with Gasteiger partial charge in [-0.15, -0.1) is 12.4 Å². The van der Waals surface area contributed by atoms with E-state index in [1.165, 1.54) is 18.4 Å². The first kappa shape index (κ1) is 14.6. The van der Waals surface area contributed by atoms with Crippen molar-refractivity contribution in [2.75, 3.05) is 13.1 Å². The molecule has 2 aromatic rings. The molecule has 1 atom stereocenters. The van der Waals surface area contributed by atoms with Crippen molar-refractivity contribution in [1.29, 1.82) is 0 Å². The molecule has 0 radical (unpaired) electrons. The third-order valence-electron chi connectivity index (χ3n) is 4.67. The van der Waals surface area contributed by atoms with E-state index >= 15 is 0 Å². The van der Waals surface area contributed by atoms with Crippen LogP contribution in [0, 0.1) is 0 Å². The fourth-order valence-corrected chi connectivity index (χ4v) is 3.31. The molecule has 1 N–H and O–H groups in total. The van der Waals surface area contributed by atoms with Gasteiger partial charge in [-0.1, -0.05) is 12.1 Å². The first-order valence-electron chi connectivity index (χ1n) is 7.68. The number of piperidine rings is 1. The van der Waals surface area contributed by atoms with Gasteiger partial charge >= 0.3 is 0 Å². The summed E-state index contributed by atoms with van der Waals surface area (Å²) >= 11 is 0. The van der Waals surface area contributed by atoms with E-state index in [0.29, 0.717) is 6.04 Å². The zero-order valence-corrected chi connectivity index (χ0v) is 12.9. The van der Waals surface area contributed by atoms with E-state index in [4.69, 9.17) is 0 Å². The summed E-state index contributed by atoms with van der Waals surface area (Å²) in [7, 11) is 0. The highest BCUT2D eigenvalue weighted by Gasteiger charge is 2.24. The Morgan fingerprint density at radius 2 is 2.00 bits per heavy atom. The summed E-state index contributed by atoms with van der Waals surface area (Å²) in [6.45, 7) is 1.98. The molecule has 21 heavy (non-hydrogen) atoms. The van der Waals surface area contributed by atoms with Crippen LogP contribution >= 0.6 is 12.4 Å². The Kier molecular flexibility index (Phi) is 4.05. The van der Waals surface area contributed by atoms with Crippen LogP contribution in [-0.2, 0) is 0 Å². The van der Waals surface area contributed by atoms with Crippen molar-refractivity contribution in [2.24, 2.45) is 0 Å². The largest absolute Gasteiger partial charge is 0.315 e. The Balaban J connectivity index is 0.00000132. The topological polar surface area (TPSA) is 34.0 Å². The lowest BCUT2D eigenvalue weighted by Gasteiger charge is -2.25. The standard InChI is InChI=1S/C17H20N2O.ClH/c20-17-16-6-5-13(12-3-4-12)10-14(16)7-9-19(17)15-2-1-8-18-11-15;/h5-7,9-10,12,15,18H,1-4,8,11H2;1H/t15-;/m1./s1. The van der Waals surface area contributed by atoms with E-state index < -0.39 is 0 Å². The number of nitrogens with one attached hydrogen (secondary N) is 1. The molecule has 2 fully saturated rings. The van der Waals surface area contributed by atoms with Gasteiger partial charge in [0.25, 0.3) is 5.56 Å². The smallest absolute Gasteiger partial charge is 0.258 e. The van der Waals surface area contributed by atoms with Crippen molar-refractivity contribution in [1.82, 2.24) is 9.88 Å². The lowest BCUT2D eigenvalue weighted by atomic mass is 10.0. The molecule has 0 spiro atoms. The third kappa shape index (κ3) is 2.72. The first-order chi connectivity index (χ1) is 9.83. The number of fused-ring (bicyclic) bond motifs is 1. The average Bonchev–Trinajstić information content (AvgIpc) is 3.33. The molecule has 0 bridgehead atoms. The lowest BCUT2D eigenvalue weighted by molar-refractivity contribution is 0.365. The third-order valence-corrected chi connectivity index (χ3v) is 4.67. The molecule has 1 aromatic carbocycles.